The molecule has 21 heavy (non-hydrogen) atoms. The predicted molar refractivity (Wildman–Crippen MR) is 75.3 cm³/mol. The van der Waals surface area contributed by atoms with Gasteiger partial charge in [-0.3, -0.25) is 15.2 Å². The first-order valence-electron chi connectivity index (χ1n) is 5.82. The van der Waals surface area contributed by atoms with Gasteiger partial charge in [0.05, 0.1) is 16.0 Å². The number of alkyl halides is 4. The summed E-state index contributed by atoms with van der Waals surface area (Å²) in [6, 6.07) is 0.749. The van der Waals surface area contributed by atoms with Crippen molar-refractivity contribution in [3.8, 4) is 0 Å². The van der Waals surface area contributed by atoms with Crippen LogP contribution in [-0.4, -0.2) is 23.8 Å². The van der Waals surface area contributed by atoms with Crippen LogP contribution in [0.2, 0.25) is 5.02 Å². The van der Waals surface area contributed by atoms with Gasteiger partial charge in [-0.25, -0.2) is 4.98 Å². The van der Waals surface area contributed by atoms with Crippen molar-refractivity contribution < 1.29 is 18.0 Å². The molecule has 0 aliphatic heterocycles. The minimum absolute atomic E-state index is 0.00314. The summed E-state index contributed by atoms with van der Waals surface area (Å²) < 4.78 is 37.5. The molecule has 0 spiro atoms. The van der Waals surface area contributed by atoms with Gasteiger partial charge >= 0.3 is 6.18 Å². The van der Waals surface area contributed by atoms with Gasteiger partial charge in [-0.15, -0.1) is 11.6 Å². The van der Waals surface area contributed by atoms with E-state index in [1.54, 1.807) is 13.8 Å². The van der Waals surface area contributed by atoms with Crippen molar-refractivity contribution in [1.29, 1.82) is 0 Å². The lowest BCUT2D eigenvalue weighted by Crippen LogP contribution is -2.47. The highest BCUT2D eigenvalue weighted by Gasteiger charge is 2.32. The molecule has 1 N–H and O–H groups in total. The Morgan fingerprint density at radius 3 is 2.43 bits per heavy atom. The van der Waals surface area contributed by atoms with Crippen molar-refractivity contribution in [2.45, 2.75) is 20.0 Å². The number of hydrogen-bond acceptors (Lipinski definition) is 3. The maximum absolute atomic E-state index is 12.5. The van der Waals surface area contributed by atoms with Crippen LogP contribution in [0.1, 0.15) is 19.4 Å². The van der Waals surface area contributed by atoms with Crippen LogP contribution in [0.15, 0.2) is 12.3 Å². The van der Waals surface area contributed by atoms with E-state index in [1.165, 1.54) is 7.05 Å². The standard InChI is InChI=1S/C12H14Cl2F3N3O/c1-11(2,6-13)10(21)19-20(3)9-8(14)4-7(5-18-9)12(15,16)17/h4-5H,6H2,1-3H3,(H,19,21). The summed E-state index contributed by atoms with van der Waals surface area (Å²) in [7, 11) is 1.42. The summed E-state index contributed by atoms with van der Waals surface area (Å²) in [5.41, 5.74) is 0.668. The maximum Gasteiger partial charge on any atom is 0.417 e. The summed E-state index contributed by atoms with van der Waals surface area (Å²) in [6.07, 6.45) is -3.88. The molecule has 0 atom stereocenters. The van der Waals surface area contributed by atoms with Gasteiger partial charge in [-0.2, -0.15) is 13.2 Å². The topological polar surface area (TPSA) is 45.2 Å². The third-order valence-corrected chi connectivity index (χ3v) is 3.63. The monoisotopic (exact) mass is 343 g/mol. The van der Waals surface area contributed by atoms with E-state index in [0.29, 0.717) is 6.20 Å². The van der Waals surface area contributed by atoms with Crippen LogP contribution in [0.3, 0.4) is 0 Å². The molecule has 1 rings (SSSR count). The Kier molecular flexibility index (Phi) is 5.33. The molecule has 0 aromatic carbocycles. The zero-order valence-electron chi connectivity index (χ0n) is 11.6. The van der Waals surface area contributed by atoms with Crippen LogP contribution in [0, 0.1) is 5.41 Å². The molecule has 0 aliphatic rings. The quantitative estimate of drug-likeness (QED) is 0.672. The third kappa shape index (κ3) is 4.38. The number of nitrogens with one attached hydrogen (secondary N) is 1. The summed E-state index contributed by atoms with van der Waals surface area (Å²) in [6.45, 7) is 3.26. The number of rotatable bonds is 4. The number of aromatic nitrogens is 1. The molecule has 1 heterocycles. The second kappa shape index (κ2) is 6.27. The Morgan fingerprint density at radius 1 is 1.43 bits per heavy atom. The molecule has 9 heteroatoms. The fourth-order valence-corrected chi connectivity index (χ4v) is 1.66. The van der Waals surface area contributed by atoms with Crippen molar-refractivity contribution in [2.24, 2.45) is 5.41 Å². The van der Waals surface area contributed by atoms with E-state index in [4.69, 9.17) is 23.2 Å². The van der Waals surface area contributed by atoms with Crippen molar-refractivity contribution in [3.63, 3.8) is 0 Å². The Labute approximate surface area is 130 Å². The number of anilines is 1. The van der Waals surface area contributed by atoms with Gasteiger partial charge in [0.2, 0.25) is 5.91 Å². The van der Waals surface area contributed by atoms with E-state index < -0.39 is 23.1 Å². The molecule has 0 unspecified atom stereocenters. The molecule has 0 radical (unpaired) electrons. The Balaban J connectivity index is 2.94. The molecule has 0 bridgehead atoms. The highest BCUT2D eigenvalue weighted by Crippen LogP contribution is 2.33. The van der Waals surface area contributed by atoms with Gasteiger partial charge in [-0.1, -0.05) is 11.6 Å². The Bertz CT molecular complexity index is 535. The SMILES string of the molecule is CN(NC(=O)C(C)(C)CCl)c1ncc(C(F)(F)F)cc1Cl. The number of carbonyl (C=O) groups is 1. The number of hydrogen-bond donors (Lipinski definition) is 1. The van der Waals surface area contributed by atoms with E-state index >= 15 is 0 Å². The van der Waals surface area contributed by atoms with Gasteiger partial charge in [0.15, 0.2) is 5.82 Å². The first-order chi connectivity index (χ1) is 9.49. The first-order valence-corrected chi connectivity index (χ1v) is 6.74. The normalized spacial score (nSPS) is 12.2. The number of nitrogens with zero attached hydrogens (tertiary/aromatic N) is 2. The smallest absolute Gasteiger partial charge is 0.273 e. The number of hydrazine groups is 1. The van der Waals surface area contributed by atoms with Gasteiger partial charge in [0, 0.05) is 19.1 Å². The van der Waals surface area contributed by atoms with Crippen LogP contribution >= 0.6 is 23.2 Å². The van der Waals surface area contributed by atoms with Crippen LogP contribution in [0.4, 0.5) is 19.0 Å². The Hall–Kier alpha value is -1.21. The zero-order chi connectivity index (χ0) is 16.4. The van der Waals surface area contributed by atoms with Gasteiger partial charge in [0.1, 0.15) is 0 Å². The largest absolute Gasteiger partial charge is 0.417 e. The number of amides is 1. The first kappa shape index (κ1) is 17.8. The van der Waals surface area contributed by atoms with Gasteiger partial charge in [-0.05, 0) is 19.9 Å². The summed E-state index contributed by atoms with van der Waals surface area (Å²) in [5.74, 6) is -0.318. The van der Waals surface area contributed by atoms with Crippen LogP contribution in [0.5, 0.6) is 0 Å². The molecule has 4 nitrogen and oxygen atoms in total. The van der Waals surface area contributed by atoms with Crippen molar-refractivity contribution in [3.05, 3.63) is 22.8 Å². The average molecular weight is 344 g/mol. The second-order valence-electron chi connectivity index (χ2n) is 5.04. The van der Waals surface area contributed by atoms with E-state index in [-0.39, 0.29) is 16.7 Å². The third-order valence-electron chi connectivity index (χ3n) is 2.68. The molecular formula is C12H14Cl2F3N3O. The highest BCUT2D eigenvalue weighted by atomic mass is 35.5. The lowest BCUT2D eigenvalue weighted by molar-refractivity contribution is -0.137. The minimum atomic E-state index is -4.53. The molecular weight excluding hydrogens is 330 g/mol. The molecule has 0 fully saturated rings. The molecule has 118 valence electrons. The van der Waals surface area contributed by atoms with Gasteiger partial charge < -0.3 is 0 Å². The number of pyridine rings is 1. The van der Waals surface area contributed by atoms with E-state index in [0.717, 1.165) is 11.1 Å². The van der Waals surface area contributed by atoms with E-state index in [1.807, 2.05) is 0 Å². The number of halogens is 5. The molecule has 0 aliphatic carbocycles. The van der Waals surface area contributed by atoms with Gasteiger partial charge in [0.25, 0.3) is 0 Å². The molecule has 1 aromatic rings. The molecule has 0 saturated carbocycles. The predicted octanol–water partition coefficient (Wildman–Crippen LogP) is 3.49. The van der Waals surface area contributed by atoms with E-state index in [9.17, 15) is 18.0 Å². The fourth-order valence-electron chi connectivity index (χ4n) is 1.25. The average Bonchev–Trinajstić information content (AvgIpc) is 2.37. The molecule has 1 aromatic heterocycles. The zero-order valence-corrected chi connectivity index (χ0v) is 13.1. The summed E-state index contributed by atoms with van der Waals surface area (Å²) >= 11 is 11.5. The van der Waals surface area contributed by atoms with Crippen molar-refractivity contribution >= 4 is 34.9 Å². The molecule has 0 saturated heterocycles. The van der Waals surface area contributed by atoms with E-state index in [2.05, 4.69) is 10.4 Å². The van der Waals surface area contributed by atoms with Crippen molar-refractivity contribution in [2.75, 3.05) is 17.9 Å². The summed E-state index contributed by atoms with van der Waals surface area (Å²) in [4.78, 5) is 15.6. The minimum Gasteiger partial charge on any atom is -0.273 e. The maximum atomic E-state index is 12.5. The van der Waals surface area contributed by atoms with Crippen molar-refractivity contribution in [1.82, 2.24) is 10.4 Å². The Morgan fingerprint density at radius 2 is 2.00 bits per heavy atom. The highest BCUT2D eigenvalue weighted by molar-refractivity contribution is 6.33. The molecule has 1 amide bonds. The number of carbonyl (C=O) groups excluding carboxylic acids is 1. The van der Waals surface area contributed by atoms with Crippen LogP contribution in [0.25, 0.3) is 0 Å². The van der Waals surface area contributed by atoms with Crippen LogP contribution < -0.4 is 10.4 Å². The van der Waals surface area contributed by atoms with Crippen LogP contribution in [-0.2, 0) is 11.0 Å². The second-order valence-corrected chi connectivity index (χ2v) is 5.72. The lowest BCUT2D eigenvalue weighted by atomic mass is 9.96. The fraction of sp³-hybridized carbons (Fsp3) is 0.500. The summed E-state index contributed by atoms with van der Waals surface area (Å²) in [5, 5.41) is 0.926. The lowest BCUT2D eigenvalue weighted by Gasteiger charge is -2.26.